The van der Waals surface area contributed by atoms with E-state index in [1.54, 1.807) is 0 Å². The zero-order valence-electron chi connectivity index (χ0n) is 27.1. The Bertz CT molecular complexity index is 1200. The molecule has 0 spiro atoms. The number of hydrogen-bond acceptors (Lipinski definition) is 2. The third-order valence-electron chi connectivity index (χ3n) is 7.89. The standard InChI is InChI=1S/C25H24F30N2/c26-12(27,14(30,31)16(34,35)18(38,39)20(42,43)22(46,47)24(50,51)52)6-1-3-9-57(11-5-8-56)10-4-2-7-13(28,29)15(32,33)17(36,37)19(40,41)21(44,45)23(48,49)25(53,54)55/h1-11,56H2. The van der Waals surface area contributed by atoms with Crippen LogP contribution in [-0.4, -0.2) is 115 Å². The van der Waals surface area contributed by atoms with E-state index in [9.17, 15) is 132 Å². The van der Waals surface area contributed by atoms with Crippen molar-refractivity contribution in [1.29, 1.82) is 0 Å². The maximum Gasteiger partial charge on any atom is 0.460 e. The molecule has 2 nitrogen and oxygen atoms in total. The van der Waals surface area contributed by atoms with Gasteiger partial charge in [0.05, 0.1) is 0 Å². The van der Waals surface area contributed by atoms with Gasteiger partial charge in [0.15, 0.2) is 0 Å². The van der Waals surface area contributed by atoms with E-state index in [4.69, 9.17) is 5.73 Å². The summed E-state index contributed by atoms with van der Waals surface area (Å²) in [6, 6.07) is 0. The van der Waals surface area contributed by atoms with Crippen LogP contribution < -0.4 is 5.73 Å². The zero-order valence-corrected chi connectivity index (χ0v) is 27.1. The second-order valence-corrected chi connectivity index (χ2v) is 12.0. The first-order valence-corrected chi connectivity index (χ1v) is 14.7. The highest BCUT2D eigenvalue weighted by molar-refractivity contribution is 5.14. The number of alkyl halides is 30. The van der Waals surface area contributed by atoms with E-state index in [-0.39, 0.29) is 13.0 Å². The monoisotopic (exact) mass is 922 g/mol. The van der Waals surface area contributed by atoms with Crippen LogP contribution >= 0.6 is 0 Å². The molecular formula is C25H24F30N2. The normalized spacial score (nSPS) is 16.2. The minimum Gasteiger partial charge on any atom is -0.330 e. The molecule has 0 radical (unpaired) electrons. The van der Waals surface area contributed by atoms with Crippen molar-refractivity contribution in [2.75, 3.05) is 26.2 Å². The van der Waals surface area contributed by atoms with Gasteiger partial charge in [-0.2, -0.15) is 132 Å². The lowest BCUT2D eigenvalue weighted by Gasteiger charge is -2.41. The summed E-state index contributed by atoms with van der Waals surface area (Å²) in [5.74, 6) is -96.1. The first-order chi connectivity index (χ1) is 24.6. The predicted octanol–water partition coefficient (Wildman–Crippen LogP) is 11.7. The topological polar surface area (TPSA) is 29.3 Å². The molecule has 0 heterocycles. The number of unbranched alkanes of at least 4 members (excludes halogenated alkanes) is 2. The Labute approximate surface area is 298 Å². The molecular weight excluding hydrogens is 898 g/mol. The number of halogens is 30. The first kappa shape index (κ1) is 54.8. The van der Waals surface area contributed by atoms with Crippen LogP contribution in [0.3, 0.4) is 0 Å². The number of nitrogens with zero attached hydrogens (tertiary/aromatic N) is 1. The van der Waals surface area contributed by atoms with E-state index in [1.807, 2.05) is 0 Å². The minimum atomic E-state index is -8.55. The maximum absolute atomic E-state index is 14.1. The van der Waals surface area contributed by atoms with E-state index in [1.165, 1.54) is 0 Å². The second kappa shape index (κ2) is 16.4. The van der Waals surface area contributed by atoms with Gasteiger partial charge >= 0.3 is 83.4 Å². The van der Waals surface area contributed by atoms with Crippen molar-refractivity contribution in [2.24, 2.45) is 5.73 Å². The largest absolute Gasteiger partial charge is 0.460 e. The van der Waals surface area contributed by atoms with Crippen LogP contribution in [0.15, 0.2) is 0 Å². The first-order valence-electron chi connectivity index (χ1n) is 14.7. The maximum atomic E-state index is 14.1. The van der Waals surface area contributed by atoms with E-state index >= 15 is 0 Å². The summed E-state index contributed by atoms with van der Waals surface area (Å²) in [5, 5.41) is 0. The Morgan fingerprint density at radius 1 is 0.263 bits per heavy atom. The van der Waals surface area contributed by atoms with Gasteiger partial charge in [0.25, 0.3) is 0 Å². The van der Waals surface area contributed by atoms with Gasteiger partial charge in [-0.25, -0.2) is 0 Å². The van der Waals surface area contributed by atoms with Gasteiger partial charge in [-0.3, -0.25) is 0 Å². The van der Waals surface area contributed by atoms with Gasteiger partial charge < -0.3 is 10.6 Å². The van der Waals surface area contributed by atoms with Crippen LogP contribution in [0.1, 0.15) is 44.9 Å². The van der Waals surface area contributed by atoms with E-state index in [2.05, 4.69) is 0 Å². The molecule has 32 heteroatoms. The molecule has 0 atom stereocenters. The van der Waals surface area contributed by atoms with Gasteiger partial charge in [0.1, 0.15) is 0 Å². The Kier molecular flexibility index (Phi) is 15.7. The van der Waals surface area contributed by atoms with Crippen LogP contribution in [0, 0.1) is 0 Å². The molecule has 0 aromatic heterocycles. The van der Waals surface area contributed by atoms with Crippen molar-refractivity contribution < 1.29 is 132 Å². The highest BCUT2D eigenvalue weighted by Gasteiger charge is 2.94. The summed E-state index contributed by atoms with van der Waals surface area (Å²) >= 11 is 0. The van der Waals surface area contributed by atoms with Crippen molar-refractivity contribution in [3.8, 4) is 0 Å². The quantitative estimate of drug-likeness (QED) is 0.0817. The summed E-state index contributed by atoms with van der Waals surface area (Å²) in [7, 11) is 0. The molecule has 0 amide bonds. The molecule has 0 unspecified atom stereocenters. The fourth-order valence-corrected chi connectivity index (χ4v) is 4.33. The number of hydrogen-bond donors (Lipinski definition) is 1. The molecule has 0 aliphatic heterocycles. The van der Waals surface area contributed by atoms with Crippen LogP contribution in [0.25, 0.3) is 0 Å². The lowest BCUT2D eigenvalue weighted by Crippen LogP contribution is -2.72. The number of nitrogens with two attached hydrogens (primary N) is 1. The third-order valence-corrected chi connectivity index (χ3v) is 7.89. The molecule has 0 aromatic rings. The van der Waals surface area contributed by atoms with Crippen molar-refractivity contribution in [3.63, 3.8) is 0 Å². The molecule has 0 aliphatic carbocycles. The molecule has 344 valence electrons. The van der Waals surface area contributed by atoms with Gasteiger partial charge in [0, 0.05) is 12.8 Å². The second-order valence-electron chi connectivity index (χ2n) is 12.0. The Morgan fingerprint density at radius 3 is 0.702 bits per heavy atom. The average Bonchev–Trinajstić information content (AvgIpc) is 3.01. The Hall–Kier alpha value is -2.18. The van der Waals surface area contributed by atoms with Crippen molar-refractivity contribution in [3.05, 3.63) is 0 Å². The van der Waals surface area contributed by atoms with Gasteiger partial charge in [-0.1, -0.05) is 0 Å². The molecule has 57 heavy (non-hydrogen) atoms. The van der Waals surface area contributed by atoms with E-state index in [0.29, 0.717) is 0 Å². The molecule has 0 saturated carbocycles. The molecule has 0 aliphatic rings. The molecule has 0 rings (SSSR count). The highest BCUT2D eigenvalue weighted by Crippen LogP contribution is 2.64. The fraction of sp³-hybridized carbons (Fsp3) is 1.00. The van der Waals surface area contributed by atoms with Crippen molar-refractivity contribution >= 4 is 0 Å². The van der Waals surface area contributed by atoms with Crippen molar-refractivity contribution in [2.45, 2.75) is 128 Å². The minimum absolute atomic E-state index is 0.237. The summed E-state index contributed by atoms with van der Waals surface area (Å²) < 4.78 is 400. The Morgan fingerprint density at radius 2 is 0.474 bits per heavy atom. The average molecular weight is 922 g/mol. The summed E-state index contributed by atoms with van der Waals surface area (Å²) in [4.78, 5) is 0.768. The molecule has 0 saturated heterocycles. The number of rotatable bonds is 23. The summed E-state index contributed by atoms with van der Waals surface area (Å²) in [6.07, 6.45) is -26.8. The van der Waals surface area contributed by atoms with Crippen molar-refractivity contribution in [1.82, 2.24) is 4.90 Å². The Balaban J connectivity index is 5.88. The van der Waals surface area contributed by atoms with Crippen LogP contribution in [0.2, 0.25) is 0 Å². The van der Waals surface area contributed by atoms with Gasteiger partial charge in [0.2, 0.25) is 0 Å². The summed E-state index contributed by atoms with van der Waals surface area (Å²) in [5.41, 5.74) is 5.13. The molecule has 2 N–H and O–H groups in total. The lowest BCUT2D eigenvalue weighted by molar-refractivity contribution is -0.452. The van der Waals surface area contributed by atoms with Crippen LogP contribution in [0.4, 0.5) is 132 Å². The summed E-state index contributed by atoms with van der Waals surface area (Å²) in [6.45, 7) is -2.56. The van der Waals surface area contributed by atoms with E-state index in [0.717, 1.165) is 4.90 Å². The van der Waals surface area contributed by atoms with E-state index < -0.39 is 142 Å². The third kappa shape index (κ3) is 9.13. The molecule has 0 bridgehead atoms. The van der Waals surface area contributed by atoms with Gasteiger partial charge in [-0.15, -0.1) is 0 Å². The van der Waals surface area contributed by atoms with Crippen LogP contribution in [-0.2, 0) is 0 Å². The molecule has 0 aromatic carbocycles. The zero-order chi connectivity index (χ0) is 46.4. The smallest absolute Gasteiger partial charge is 0.330 e. The van der Waals surface area contributed by atoms with Crippen LogP contribution in [0.5, 0.6) is 0 Å². The highest BCUT2D eigenvalue weighted by atomic mass is 19.4. The molecule has 0 fully saturated rings. The predicted molar refractivity (Wildman–Crippen MR) is 129 cm³/mol. The van der Waals surface area contributed by atoms with Gasteiger partial charge in [-0.05, 0) is 58.3 Å². The fourth-order valence-electron chi connectivity index (χ4n) is 4.33. The lowest BCUT2D eigenvalue weighted by atomic mass is 9.89. The SMILES string of the molecule is NCCCN(CCCCC(F)(F)C(F)(F)C(F)(F)C(F)(F)C(F)(F)C(F)(F)C(F)(F)F)CCCCC(F)(F)C(F)(F)C(F)(F)C(F)(F)C(F)(F)C(F)(F)C(F)(F)F.